The van der Waals surface area contributed by atoms with Crippen LogP contribution in [0.1, 0.15) is 24.9 Å². The lowest BCUT2D eigenvalue weighted by molar-refractivity contribution is -0.148. The van der Waals surface area contributed by atoms with Crippen LogP contribution in [0.3, 0.4) is 0 Å². The van der Waals surface area contributed by atoms with Gasteiger partial charge in [0.1, 0.15) is 5.75 Å². The third-order valence-corrected chi connectivity index (χ3v) is 3.60. The van der Waals surface area contributed by atoms with Crippen molar-refractivity contribution in [1.82, 2.24) is 10.2 Å². The average molecular weight is 375 g/mol. The van der Waals surface area contributed by atoms with E-state index in [0.29, 0.717) is 44.1 Å². The second-order valence-corrected chi connectivity index (χ2v) is 5.09. The van der Waals surface area contributed by atoms with Crippen LogP contribution < -0.4 is 10.1 Å². The number of hydrogen-bond acceptors (Lipinski definition) is 3. The summed E-state index contributed by atoms with van der Waals surface area (Å²) in [5.74, 6) is 0.549. The third-order valence-electron chi connectivity index (χ3n) is 3.60. The maximum atomic E-state index is 13.0. The predicted octanol–water partition coefficient (Wildman–Crippen LogP) is 3.83. The van der Waals surface area contributed by atoms with E-state index in [1.54, 1.807) is 24.3 Å². The molecule has 1 aliphatic rings. The largest absolute Gasteiger partial charge is 0.494 e. The monoisotopic (exact) mass is 374 g/mol. The summed E-state index contributed by atoms with van der Waals surface area (Å²) >= 11 is 0. The van der Waals surface area contributed by atoms with Gasteiger partial charge < -0.3 is 10.1 Å². The van der Waals surface area contributed by atoms with Crippen molar-refractivity contribution >= 4 is 24.8 Å². The molecule has 2 rings (SSSR count). The van der Waals surface area contributed by atoms with E-state index in [1.165, 1.54) is 0 Å². The SMILES string of the molecule is CCOc1ccccc1[C@H](CC(F)(F)F)N1CCNCC1.Cl.Cl. The Morgan fingerprint density at radius 3 is 2.35 bits per heavy atom. The fourth-order valence-corrected chi connectivity index (χ4v) is 2.69. The molecule has 1 aliphatic heterocycles. The summed E-state index contributed by atoms with van der Waals surface area (Å²) in [6.07, 6.45) is -5.05. The molecular weight excluding hydrogens is 352 g/mol. The molecule has 0 bridgehead atoms. The lowest BCUT2D eigenvalue weighted by atomic mass is 9.99. The second-order valence-electron chi connectivity index (χ2n) is 5.09. The summed E-state index contributed by atoms with van der Waals surface area (Å²) in [5, 5.41) is 3.17. The Labute approximate surface area is 147 Å². The Kier molecular flexibility index (Phi) is 9.93. The number of ether oxygens (including phenoxy) is 1. The van der Waals surface area contributed by atoms with Gasteiger partial charge in [0.05, 0.1) is 13.0 Å². The second kappa shape index (κ2) is 10.2. The van der Waals surface area contributed by atoms with E-state index in [-0.39, 0.29) is 24.8 Å². The smallest absolute Gasteiger partial charge is 0.390 e. The molecule has 1 heterocycles. The molecule has 1 aromatic carbocycles. The number of nitrogens with zero attached hydrogens (tertiary/aromatic N) is 1. The van der Waals surface area contributed by atoms with Crippen molar-refractivity contribution in [2.75, 3.05) is 32.8 Å². The van der Waals surface area contributed by atoms with E-state index in [0.717, 1.165) is 0 Å². The summed E-state index contributed by atoms with van der Waals surface area (Å²) in [4.78, 5) is 1.89. The van der Waals surface area contributed by atoms with Gasteiger partial charge in [-0.2, -0.15) is 13.2 Å². The van der Waals surface area contributed by atoms with Crippen LogP contribution in [0.15, 0.2) is 24.3 Å². The molecule has 0 aromatic heterocycles. The molecule has 0 unspecified atom stereocenters. The summed E-state index contributed by atoms with van der Waals surface area (Å²) < 4.78 is 44.5. The van der Waals surface area contributed by atoms with Gasteiger partial charge in [0.2, 0.25) is 0 Å². The molecule has 1 atom stereocenters. The molecule has 3 nitrogen and oxygen atoms in total. The summed E-state index contributed by atoms with van der Waals surface area (Å²) in [6, 6.07) is 6.35. The lowest BCUT2D eigenvalue weighted by Gasteiger charge is -2.36. The summed E-state index contributed by atoms with van der Waals surface area (Å²) in [5.41, 5.74) is 0.624. The number of rotatable bonds is 5. The van der Waals surface area contributed by atoms with Crippen molar-refractivity contribution in [3.8, 4) is 5.75 Å². The first-order valence-electron chi connectivity index (χ1n) is 7.24. The highest BCUT2D eigenvalue weighted by Gasteiger charge is 2.37. The molecule has 134 valence electrons. The van der Waals surface area contributed by atoms with Crippen LogP contribution in [-0.2, 0) is 0 Å². The van der Waals surface area contributed by atoms with E-state index in [1.807, 2.05) is 11.8 Å². The first kappa shape index (κ1) is 22.3. The fraction of sp³-hybridized carbons (Fsp3) is 0.600. The number of halogens is 5. The Bertz CT molecular complexity index is 455. The first-order valence-corrected chi connectivity index (χ1v) is 7.24. The quantitative estimate of drug-likeness (QED) is 0.847. The highest BCUT2D eigenvalue weighted by molar-refractivity contribution is 5.85. The van der Waals surface area contributed by atoms with Gasteiger partial charge in [-0.3, -0.25) is 4.90 Å². The fourth-order valence-electron chi connectivity index (χ4n) is 2.69. The van der Waals surface area contributed by atoms with Crippen molar-refractivity contribution in [1.29, 1.82) is 0 Å². The molecule has 0 aliphatic carbocycles. The minimum Gasteiger partial charge on any atom is -0.494 e. The van der Waals surface area contributed by atoms with E-state index in [9.17, 15) is 13.2 Å². The zero-order valence-corrected chi connectivity index (χ0v) is 14.6. The van der Waals surface area contributed by atoms with Crippen LogP contribution >= 0.6 is 24.8 Å². The van der Waals surface area contributed by atoms with Gasteiger partial charge in [-0.1, -0.05) is 18.2 Å². The van der Waals surface area contributed by atoms with Crippen LogP contribution in [0.25, 0.3) is 0 Å². The van der Waals surface area contributed by atoms with Gasteiger partial charge in [0, 0.05) is 37.8 Å². The number of piperazine rings is 1. The normalized spacial score (nSPS) is 16.9. The lowest BCUT2D eigenvalue weighted by Crippen LogP contribution is -2.46. The molecule has 1 fully saturated rings. The van der Waals surface area contributed by atoms with Crippen LogP contribution in [0.4, 0.5) is 13.2 Å². The third kappa shape index (κ3) is 6.75. The van der Waals surface area contributed by atoms with E-state index in [4.69, 9.17) is 4.74 Å². The van der Waals surface area contributed by atoms with Crippen molar-refractivity contribution in [2.45, 2.75) is 25.6 Å². The maximum Gasteiger partial charge on any atom is 0.390 e. The molecule has 1 saturated heterocycles. The minimum atomic E-state index is -4.20. The number of hydrogen-bond donors (Lipinski definition) is 1. The Morgan fingerprint density at radius 2 is 1.78 bits per heavy atom. The van der Waals surface area contributed by atoms with Crippen molar-refractivity contribution in [3.05, 3.63) is 29.8 Å². The molecular formula is C15H23Cl2F3N2O. The van der Waals surface area contributed by atoms with Crippen molar-refractivity contribution in [3.63, 3.8) is 0 Å². The summed E-state index contributed by atoms with van der Waals surface area (Å²) in [7, 11) is 0. The molecule has 0 spiro atoms. The van der Waals surface area contributed by atoms with Gasteiger partial charge in [-0.25, -0.2) is 0 Å². The standard InChI is InChI=1S/C15H21F3N2O.2ClH/c1-2-21-14-6-4-3-5-12(14)13(11-15(16,17)18)20-9-7-19-8-10-20;;/h3-6,13,19H,2,7-11H2,1H3;2*1H/t13-;;/m0../s1. The Morgan fingerprint density at radius 1 is 1.17 bits per heavy atom. The first-order chi connectivity index (χ1) is 10.0. The zero-order chi connectivity index (χ0) is 15.3. The Balaban J connectivity index is 0.00000242. The number of benzene rings is 1. The van der Waals surface area contributed by atoms with Crippen molar-refractivity contribution < 1.29 is 17.9 Å². The van der Waals surface area contributed by atoms with Crippen LogP contribution in [0, 0.1) is 0 Å². The van der Waals surface area contributed by atoms with E-state index < -0.39 is 18.6 Å². The number of alkyl halides is 3. The van der Waals surface area contributed by atoms with E-state index in [2.05, 4.69) is 5.32 Å². The predicted molar refractivity (Wildman–Crippen MR) is 90.0 cm³/mol. The van der Waals surface area contributed by atoms with Crippen molar-refractivity contribution in [2.24, 2.45) is 0 Å². The molecule has 8 heteroatoms. The highest BCUT2D eigenvalue weighted by Crippen LogP contribution is 2.37. The molecule has 0 saturated carbocycles. The van der Waals surface area contributed by atoms with Crippen LogP contribution in [0.2, 0.25) is 0 Å². The van der Waals surface area contributed by atoms with Gasteiger partial charge >= 0.3 is 6.18 Å². The van der Waals surface area contributed by atoms with Crippen LogP contribution in [0.5, 0.6) is 5.75 Å². The zero-order valence-electron chi connectivity index (χ0n) is 12.9. The van der Waals surface area contributed by atoms with E-state index >= 15 is 0 Å². The van der Waals surface area contributed by atoms with Gasteiger partial charge in [0.15, 0.2) is 0 Å². The molecule has 1 aromatic rings. The number of nitrogens with one attached hydrogen (secondary N) is 1. The molecule has 23 heavy (non-hydrogen) atoms. The molecule has 0 amide bonds. The number of para-hydroxylation sites is 1. The summed E-state index contributed by atoms with van der Waals surface area (Å²) in [6.45, 7) is 4.93. The molecule has 1 N–H and O–H groups in total. The van der Waals surface area contributed by atoms with Gasteiger partial charge in [0.25, 0.3) is 0 Å². The Hall–Kier alpha value is -0.690. The van der Waals surface area contributed by atoms with Gasteiger partial charge in [-0.05, 0) is 13.0 Å². The highest BCUT2D eigenvalue weighted by atomic mass is 35.5. The van der Waals surface area contributed by atoms with Gasteiger partial charge in [-0.15, -0.1) is 24.8 Å². The topological polar surface area (TPSA) is 24.5 Å². The average Bonchev–Trinajstić information content (AvgIpc) is 2.46. The van der Waals surface area contributed by atoms with Crippen LogP contribution in [-0.4, -0.2) is 43.9 Å². The minimum absolute atomic E-state index is 0. The molecule has 0 radical (unpaired) electrons. The maximum absolute atomic E-state index is 13.0.